The fraction of sp³-hybridized carbons (Fsp3) is 0.167. The van der Waals surface area contributed by atoms with Crippen molar-refractivity contribution in [3.63, 3.8) is 0 Å². The summed E-state index contributed by atoms with van der Waals surface area (Å²) in [6.45, 7) is 0.299. The molecule has 2 heterocycles. The van der Waals surface area contributed by atoms with Crippen LogP contribution in [0.1, 0.15) is 5.56 Å². The predicted molar refractivity (Wildman–Crippen MR) is 128 cm³/mol. The van der Waals surface area contributed by atoms with Gasteiger partial charge in [-0.15, -0.1) is 0 Å². The summed E-state index contributed by atoms with van der Waals surface area (Å²) in [6, 6.07) is 12.8. The molecular weight excluding hydrogens is 514 g/mol. The Labute approximate surface area is 212 Å². The monoisotopic (exact) mass is 535 g/mol. The zero-order valence-electron chi connectivity index (χ0n) is 19.9. The van der Waals surface area contributed by atoms with Gasteiger partial charge in [0, 0.05) is 29.8 Å². The highest BCUT2D eigenvalue weighted by Crippen LogP contribution is 2.28. The number of carboxylic acid groups (broad SMARTS) is 1. The summed E-state index contributed by atoms with van der Waals surface area (Å²) in [6.07, 6.45) is -3.47. The zero-order chi connectivity index (χ0) is 27.9. The number of carbonyl (C=O) groups excluding carboxylic acids is 1. The lowest BCUT2D eigenvalue weighted by atomic mass is 10.1. The molecule has 2 amide bonds. The average Bonchev–Trinajstić information content (AvgIpc) is 3.30. The largest absolute Gasteiger partial charge is 0.493 e. The molecule has 0 atom stereocenters. The second-order valence-corrected chi connectivity index (χ2v) is 7.49. The van der Waals surface area contributed by atoms with Gasteiger partial charge in [0.05, 0.1) is 19.7 Å². The minimum atomic E-state index is -5.08. The van der Waals surface area contributed by atoms with E-state index in [4.69, 9.17) is 19.4 Å². The van der Waals surface area contributed by atoms with Crippen LogP contribution in [-0.2, 0) is 11.3 Å². The maximum absolute atomic E-state index is 13.2. The number of amides is 2. The van der Waals surface area contributed by atoms with Gasteiger partial charge in [0.15, 0.2) is 11.5 Å². The van der Waals surface area contributed by atoms with E-state index >= 15 is 0 Å². The molecule has 0 fully saturated rings. The van der Waals surface area contributed by atoms with Crippen LogP contribution in [0, 0.1) is 5.82 Å². The first kappa shape index (κ1) is 27.7. The first-order chi connectivity index (χ1) is 18.0. The van der Waals surface area contributed by atoms with E-state index < -0.39 is 18.2 Å². The smallest absolute Gasteiger partial charge is 0.490 e. The molecule has 0 saturated carbocycles. The number of aliphatic carboxylic acids is 1. The Balaban J connectivity index is 0.000000505. The lowest BCUT2D eigenvalue weighted by Crippen LogP contribution is -2.28. The van der Waals surface area contributed by atoms with Crippen molar-refractivity contribution >= 4 is 28.7 Å². The fourth-order valence-corrected chi connectivity index (χ4v) is 3.14. The number of hydrogen-bond donors (Lipinski definition) is 4. The number of hydrogen-bond acceptors (Lipinski definition) is 6. The Morgan fingerprint density at radius 2 is 1.68 bits per heavy atom. The molecule has 4 rings (SSSR count). The number of aromatic nitrogens is 3. The summed E-state index contributed by atoms with van der Waals surface area (Å²) in [4.78, 5) is 25.5. The number of alkyl halides is 3. The highest BCUT2D eigenvalue weighted by molar-refractivity contribution is 5.95. The molecule has 10 nitrogen and oxygen atoms in total. The molecule has 0 radical (unpaired) electrons. The van der Waals surface area contributed by atoms with E-state index in [1.165, 1.54) is 12.1 Å². The van der Waals surface area contributed by atoms with E-state index in [1.807, 2.05) is 6.07 Å². The predicted octanol–water partition coefficient (Wildman–Crippen LogP) is 4.74. The lowest BCUT2D eigenvalue weighted by Gasteiger charge is -2.11. The Bertz CT molecular complexity index is 1420. The van der Waals surface area contributed by atoms with Crippen molar-refractivity contribution in [2.24, 2.45) is 0 Å². The number of benzene rings is 2. The number of carboxylic acids is 1. The van der Waals surface area contributed by atoms with Crippen LogP contribution in [-0.4, -0.2) is 52.7 Å². The minimum absolute atomic E-state index is 0.299. The van der Waals surface area contributed by atoms with E-state index in [0.29, 0.717) is 35.1 Å². The number of urea groups is 1. The number of fused-ring (bicyclic) bond motifs is 1. The van der Waals surface area contributed by atoms with Crippen LogP contribution in [0.25, 0.3) is 22.2 Å². The maximum atomic E-state index is 13.2. The fourth-order valence-electron chi connectivity index (χ4n) is 3.14. The molecule has 4 aromatic rings. The number of nitrogens with zero attached hydrogens (tertiary/aromatic N) is 2. The second-order valence-electron chi connectivity index (χ2n) is 7.49. The third-order valence-electron chi connectivity index (χ3n) is 4.95. The number of rotatable bonds is 6. The number of pyridine rings is 1. The molecule has 2 aromatic heterocycles. The summed E-state index contributed by atoms with van der Waals surface area (Å²) < 4.78 is 55.4. The summed E-state index contributed by atoms with van der Waals surface area (Å²) in [5.74, 6) is -1.50. The molecule has 0 saturated heterocycles. The van der Waals surface area contributed by atoms with E-state index in [0.717, 1.165) is 16.5 Å². The van der Waals surface area contributed by atoms with Gasteiger partial charge in [-0.1, -0.05) is 6.07 Å². The van der Waals surface area contributed by atoms with Crippen LogP contribution in [0.3, 0.4) is 0 Å². The van der Waals surface area contributed by atoms with Crippen LogP contribution in [0.2, 0.25) is 0 Å². The van der Waals surface area contributed by atoms with Crippen LogP contribution >= 0.6 is 0 Å². The summed E-state index contributed by atoms with van der Waals surface area (Å²) >= 11 is 0. The van der Waals surface area contributed by atoms with Gasteiger partial charge < -0.3 is 19.9 Å². The van der Waals surface area contributed by atoms with Crippen molar-refractivity contribution < 1.29 is 41.7 Å². The number of carbonyl (C=O) groups is 2. The molecule has 0 aliphatic rings. The molecule has 200 valence electrons. The average molecular weight is 535 g/mol. The van der Waals surface area contributed by atoms with Gasteiger partial charge in [-0.3, -0.25) is 10.4 Å². The van der Waals surface area contributed by atoms with Crippen molar-refractivity contribution in [2.75, 3.05) is 19.5 Å². The number of halogens is 4. The number of ether oxygens (including phenoxy) is 2. The number of H-pyrrole nitrogens is 1. The van der Waals surface area contributed by atoms with Crippen LogP contribution < -0.4 is 20.1 Å². The molecule has 0 aliphatic carbocycles. The van der Waals surface area contributed by atoms with E-state index in [1.54, 1.807) is 50.7 Å². The molecule has 0 bridgehead atoms. The van der Waals surface area contributed by atoms with Gasteiger partial charge in [0.2, 0.25) is 0 Å². The number of aromatic amines is 1. The van der Waals surface area contributed by atoms with Gasteiger partial charge in [0.25, 0.3) is 0 Å². The van der Waals surface area contributed by atoms with Gasteiger partial charge >= 0.3 is 18.2 Å². The SMILES string of the molecule is COc1ccc(CNC(=O)Nc2cc3[nH]nc(-c4ccc(F)cc4)c3cn2)cc1OC.O=C(O)C(F)(F)F. The van der Waals surface area contributed by atoms with Crippen molar-refractivity contribution in [1.82, 2.24) is 20.5 Å². The number of methoxy groups -OCH3 is 2. The topological polar surface area (TPSA) is 138 Å². The van der Waals surface area contributed by atoms with E-state index in [9.17, 15) is 22.4 Å². The van der Waals surface area contributed by atoms with Gasteiger partial charge in [-0.05, 0) is 42.0 Å². The Kier molecular flexibility index (Phi) is 8.68. The van der Waals surface area contributed by atoms with Crippen LogP contribution in [0.5, 0.6) is 11.5 Å². The molecule has 0 aliphatic heterocycles. The Hall–Kier alpha value is -4.88. The minimum Gasteiger partial charge on any atom is -0.493 e. The first-order valence-corrected chi connectivity index (χ1v) is 10.7. The number of anilines is 1. The Morgan fingerprint density at radius 3 is 2.29 bits per heavy atom. The lowest BCUT2D eigenvalue weighted by molar-refractivity contribution is -0.192. The highest BCUT2D eigenvalue weighted by atomic mass is 19.4. The van der Waals surface area contributed by atoms with Crippen molar-refractivity contribution in [3.8, 4) is 22.8 Å². The van der Waals surface area contributed by atoms with Gasteiger partial charge in [-0.25, -0.2) is 19.0 Å². The van der Waals surface area contributed by atoms with Gasteiger partial charge in [0.1, 0.15) is 17.3 Å². The molecule has 2 aromatic carbocycles. The summed E-state index contributed by atoms with van der Waals surface area (Å²) in [5, 5.41) is 20.6. The highest BCUT2D eigenvalue weighted by Gasteiger charge is 2.38. The van der Waals surface area contributed by atoms with Crippen molar-refractivity contribution in [3.05, 3.63) is 66.1 Å². The van der Waals surface area contributed by atoms with Gasteiger partial charge in [-0.2, -0.15) is 18.3 Å². The molecule has 0 spiro atoms. The van der Waals surface area contributed by atoms with E-state index in [-0.39, 0.29) is 5.82 Å². The van der Waals surface area contributed by atoms with Crippen LogP contribution in [0.15, 0.2) is 54.7 Å². The van der Waals surface area contributed by atoms with E-state index in [2.05, 4.69) is 25.8 Å². The molecule has 0 unspecified atom stereocenters. The molecule has 14 heteroatoms. The van der Waals surface area contributed by atoms with Crippen molar-refractivity contribution in [2.45, 2.75) is 12.7 Å². The molecule has 4 N–H and O–H groups in total. The molecular formula is C24H21F4N5O5. The standard InChI is InChI=1S/C22H20FN5O3.C2HF3O2/c1-30-18-8-3-13(9-19(18)31-2)11-25-22(29)26-20-10-17-16(12-24-20)21(28-27-17)14-4-6-15(23)7-5-14;3-2(4,5)1(6)7/h3-10,12H,11H2,1-2H3,(H,27,28)(H2,24,25,26,29);(H,6,7). The van der Waals surface area contributed by atoms with Crippen molar-refractivity contribution in [1.29, 1.82) is 0 Å². The third-order valence-corrected chi connectivity index (χ3v) is 4.95. The van der Waals surface area contributed by atoms with Crippen LogP contribution in [0.4, 0.5) is 28.2 Å². The maximum Gasteiger partial charge on any atom is 0.490 e. The summed E-state index contributed by atoms with van der Waals surface area (Å²) in [5.41, 5.74) is 2.98. The summed E-state index contributed by atoms with van der Waals surface area (Å²) in [7, 11) is 3.12. The zero-order valence-corrected chi connectivity index (χ0v) is 19.9. The number of nitrogens with one attached hydrogen (secondary N) is 3. The Morgan fingerprint density at radius 1 is 1.03 bits per heavy atom. The normalized spacial score (nSPS) is 10.8. The quantitative estimate of drug-likeness (QED) is 0.262. The second kappa shape index (κ2) is 11.9. The first-order valence-electron chi connectivity index (χ1n) is 10.7. The third kappa shape index (κ3) is 7.09. The molecule has 38 heavy (non-hydrogen) atoms.